The summed E-state index contributed by atoms with van der Waals surface area (Å²) in [5, 5.41) is 10.9. The number of benzene rings is 1. The van der Waals surface area contributed by atoms with Crippen molar-refractivity contribution in [3.05, 3.63) is 41.7 Å². The van der Waals surface area contributed by atoms with Crippen molar-refractivity contribution in [2.24, 2.45) is 28.6 Å². The molecule has 218 valence electrons. The molecule has 1 aromatic carbocycles. The summed E-state index contributed by atoms with van der Waals surface area (Å²) in [4.78, 5) is 37.4. The highest BCUT2D eigenvalue weighted by Gasteiger charge is 2.65. The summed E-state index contributed by atoms with van der Waals surface area (Å²) in [5.74, 6) is -1.58. The molecule has 40 heavy (non-hydrogen) atoms. The van der Waals surface area contributed by atoms with Crippen LogP contribution in [0.3, 0.4) is 0 Å². The van der Waals surface area contributed by atoms with E-state index in [9.17, 15) is 22.8 Å². The van der Waals surface area contributed by atoms with Gasteiger partial charge in [0.15, 0.2) is 0 Å². The average Bonchev–Trinajstić information content (AvgIpc) is 3.49. The molecule has 3 atom stereocenters. The Morgan fingerprint density at radius 2 is 1.90 bits per heavy atom. The molecular weight excluding hydrogens is 534 g/mol. The number of hydrogen-bond acceptors (Lipinski definition) is 8. The van der Waals surface area contributed by atoms with Crippen LogP contribution in [-0.4, -0.2) is 53.9 Å². The first-order valence-electron chi connectivity index (χ1n) is 13.6. The fourth-order valence-electron chi connectivity index (χ4n) is 6.20. The molecule has 2 saturated carbocycles. The number of methoxy groups -OCH3 is 1. The van der Waals surface area contributed by atoms with Crippen molar-refractivity contribution in [2.45, 2.75) is 66.5 Å². The van der Waals surface area contributed by atoms with E-state index in [1.165, 1.54) is 7.11 Å². The molecule has 1 amide bonds. The Labute approximate surface area is 235 Å². The van der Waals surface area contributed by atoms with E-state index in [1.54, 1.807) is 23.0 Å². The zero-order chi connectivity index (χ0) is 29.3. The van der Waals surface area contributed by atoms with Gasteiger partial charge in [0, 0.05) is 17.5 Å². The molecule has 1 heterocycles. The van der Waals surface area contributed by atoms with Crippen molar-refractivity contribution < 1.29 is 27.5 Å². The molecule has 2 N–H and O–H groups in total. The first-order valence-corrected chi connectivity index (χ1v) is 15.3. The van der Waals surface area contributed by atoms with E-state index in [-0.39, 0.29) is 35.3 Å². The van der Waals surface area contributed by atoms with Crippen LogP contribution in [0.25, 0.3) is 0 Å². The van der Waals surface area contributed by atoms with E-state index in [2.05, 4.69) is 20.4 Å². The van der Waals surface area contributed by atoms with Gasteiger partial charge < -0.3 is 10.1 Å². The number of sulfonamides is 1. The van der Waals surface area contributed by atoms with E-state index in [0.29, 0.717) is 37.2 Å². The number of ketones is 1. The lowest BCUT2D eigenvalue weighted by atomic mass is 9.70. The van der Waals surface area contributed by atoms with Crippen LogP contribution in [-0.2, 0) is 42.2 Å². The number of rotatable bonds is 12. The van der Waals surface area contributed by atoms with E-state index >= 15 is 0 Å². The number of amides is 1. The maximum absolute atomic E-state index is 13.0. The summed E-state index contributed by atoms with van der Waals surface area (Å²) in [6.45, 7) is 8.28. The second-order valence-corrected chi connectivity index (χ2v) is 13.9. The van der Waals surface area contributed by atoms with Gasteiger partial charge in [0.05, 0.1) is 37.8 Å². The highest BCUT2D eigenvalue weighted by Crippen LogP contribution is 2.64. The summed E-state index contributed by atoms with van der Waals surface area (Å²) < 4.78 is 34.9. The van der Waals surface area contributed by atoms with Crippen molar-refractivity contribution in [1.29, 1.82) is 0 Å². The van der Waals surface area contributed by atoms with Gasteiger partial charge in [0.1, 0.15) is 11.7 Å². The maximum atomic E-state index is 13.0. The number of ether oxygens (including phenoxy) is 1. The largest absolute Gasteiger partial charge is 0.468 e. The minimum atomic E-state index is -3.71. The quantitative estimate of drug-likeness (QED) is 0.291. The van der Waals surface area contributed by atoms with Crippen LogP contribution in [0.2, 0.25) is 0 Å². The molecule has 0 aliphatic heterocycles. The number of aromatic nitrogens is 3. The second-order valence-electron chi connectivity index (χ2n) is 12.0. The molecule has 11 nitrogen and oxygen atoms in total. The first kappa shape index (κ1) is 29.9. The topological polar surface area (TPSA) is 149 Å². The Balaban J connectivity index is 1.31. The zero-order valence-electron chi connectivity index (χ0n) is 23.8. The van der Waals surface area contributed by atoms with Gasteiger partial charge in [0.25, 0.3) is 0 Å². The Morgan fingerprint density at radius 1 is 1.20 bits per heavy atom. The molecule has 2 fully saturated rings. The van der Waals surface area contributed by atoms with Gasteiger partial charge in [-0.2, -0.15) is 0 Å². The van der Waals surface area contributed by atoms with Crippen LogP contribution in [0, 0.1) is 28.6 Å². The minimum Gasteiger partial charge on any atom is -0.468 e. The zero-order valence-corrected chi connectivity index (χ0v) is 24.6. The van der Waals surface area contributed by atoms with Gasteiger partial charge in [-0.25, -0.2) is 17.8 Å². The lowest BCUT2D eigenvalue weighted by Crippen LogP contribution is -2.45. The lowest BCUT2D eigenvalue weighted by Gasteiger charge is -2.36. The fraction of sp³-hybridized carbons (Fsp3) is 0.607. The second kappa shape index (κ2) is 11.4. The SMILES string of the molecule is COC(=O)C(CC(C)C)C(=O)Nc1ccc(Cn2cc(CNS(=O)(=O)CC34CCC(CC3=O)C4(C)C)nn2)cc1. The summed E-state index contributed by atoms with van der Waals surface area (Å²) in [6, 6.07) is 7.12. The Bertz CT molecular complexity index is 1370. The molecule has 0 radical (unpaired) electrons. The maximum Gasteiger partial charge on any atom is 0.318 e. The van der Waals surface area contributed by atoms with Gasteiger partial charge in [-0.05, 0) is 54.2 Å². The number of nitrogens with one attached hydrogen (secondary N) is 2. The normalized spacial score (nSPS) is 22.4. The smallest absolute Gasteiger partial charge is 0.318 e. The number of hydrogen-bond donors (Lipinski definition) is 2. The molecule has 2 aromatic rings. The molecule has 2 aliphatic rings. The third-order valence-electron chi connectivity index (χ3n) is 8.71. The summed E-state index contributed by atoms with van der Waals surface area (Å²) >= 11 is 0. The standard InChI is InChI=1S/C28H39N5O6S/c1-18(2)12-23(26(36)39-5)25(35)30-21-8-6-19(7-9-21)15-33-16-22(31-32-33)14-29-40(37,38)17-28-11-10-20(13-24(28)34)27(28,3)4/h6-9,16,18,20,23,29H,10-15,17H2,1-5H3,(H,30,35). The Kier molecular flexibility index (Phi) is 8.51. The molecular formula is C28H39N5O6S. The van der Waals surface area contributed by atoms with Gasteiger partial charge in [-0.15, -0.1) is 5.10 Å². The van der Waals surface area contributed by atoms with Crippen LogP contribution in [0.5, 0.6) is 0 Å². The van der Waals surface area contributed by atoms with E-state index < -0.39 is 33.2 Å². The highest BCUT2D eigenvalue weighted by molar-refractivity contribution is 7.89. The lowest BCUT2D eigenvalue weighted by molar-refractivity contribution is -0.149. The molecule has 12 heteroatoms. The van der Waals surface area contributed by atoms with Crippen LogP contribution in [0.1, 0.15) is 64.6 Å². The number of esters is 1. The highest BCUT2D eigenvalue weighted by atomic mass is 32.2. The first-order chi connectivity index (χ1) is 18.8. The van der Waals surface area contributed by atoms with Crippen molar-refractivity contribution in [3.8, 4) is 0 Å². The van der Waals surface area contributed by atoms with E-state index in [4.69, 9.17) is 4.74 Å². The van der Waals surface area contributed by atoms with Crippen molar-refractivity contribution >= 4 is 33.4 Å². The summed E-state index contributed by atoms with van der Waals surface area (Å²) in [6.07, 6.45) is 4.03. The molecule has 2 aliphatic carbocycles. The third-order valence-corrected chi connectivity index (χ3v) is 10.2. The van der Waals surface area contributed by atoms with E-state index in [1.807, 2.05) is 39.8 Å². The van der Waals surface area contributed by atoms with E-state index in [0.717, 1.165) is 12.0 Å². The number of carbonyl (C=O) groups is 3. The molecule has 2 bridgehead atoms. The Morgan fingerprint density at radius 3 is 2.48 bits per heavy atom. The van der Waals surface area contributed by atoms with Gasteiger partial charge in [-0.1, -0.05) is 45.0 Å². The predicted molar refractivity (Wildman–Crippen MR) is 148 cm³/mol. The van der Waals surface area contributed by atoms with Crippen LogP contribution in [0.4, 0.5) is 5.69 Å². The minimum absolute atomic E-state index is 0.0147. The number of Topliss-reactive ketones (excluding diaryl/α,β-unsaturated/α-hetero) is 1. The Hall–Kier alpha value is -3.12. The summed E-state index contributed by atoms with van der Waals surface area (Å²) in [5.41, 5.74) is 0.764. The number of anilines is 1. The predicted octanol–water partition coefficient (Wildman–Crippen LogP) is 2.92. The van der Waals surface area contributed by atoms with Crippen molar-refractivity contribution in [1.82, 2.24) is 19.7 Å². The van der Waals surface area contributed by atoms with Gasteiger partial charge in [0.2, 0.25) is 15.9 Å². The monoisotopic (exact) mass is 573 g/mol. The molecule has 1 aromatic heterocycles. The molecule has 4 rings (SSSR count). The number of carbonyl (C=O) groups excluding carboxylic acids is 3. The number of fused-ring (bicyclic) bond motifs is 2. The van der Waals surface area contributed by atoms with Gasteiger partial charge >= 0.3 is 5.97 Å². The van der Waals surface area contributed by atoms with Crippen molar-refractivity contribution in [2.75, 3.05) is 18.2 Å². The van der Waals surface area contributed by atoms with Crippen LogP contribution >= 0.6 is 0 Å². The third kappa shape index (κ3) is 6.12. The molecule has 0 saturated heterocycles. The average molecular weight is 574 g/mol. The van der Waals surface area contributed by atoms with Crippen LogP contribution < -0.4 is 10.0 Å². The molecule has 3 unspecified atom stereocenters. The number of nitrogens with zero attached hydrogens (tertiary/aromatic N) is 3. The van der Waals surface area contributed by atoms with Gasteiger partial charge in [-0.3, -0.25) is 14.4 Å². The van der Waals surface area contributed by atoms with Crippen molar-refractivity contribution in [3.63, 3.8) is 0 Å². The van der Waals surface area contributed by atoms with Crippen LogP contribution in [0.15, 0.2) is 30.5 Å². The fourth-order valence-corrected chi connectivity index (χ4v) is 7.99. The summed E-state index contributed by atoms with van der Waals surface area (Å²) in [7, 11) is -2.44. The molecule has 0 spiro atoms.